The molecule has 1 aromatic heterocycles. The summed E-state index contributed by atoms with van der Waals surface area (Å²) in [6.07, 6.45) is 1.41. The molecule has 1 fully saturated rings. The van der Waals surface area contributed by atoms with Crippen LogP contribution in [0.25, 0.3) is 5.76 Å². The standard InChI is InChI=1S/C23H17FN2O6/c1-13-7-8-15(11-18(13)24)21(27)19-20(14-4-2-5-16(10-14)26(30)31)25(23(29)22(19)28)12-17-6-3-9-32-17/h2-11,20,27H,12H2,1H3/b21-19+. The molecule has 2 aromatic carbocycles. The molecule has 162 valence electrons. The van der Waals surface area contributed by atoms with Gasteiger partial charge < -0.3 is 14.4 Å². The van der Waals surface area contributed by atoms with Crippen LogP contribution in [-0.4, -0.2) is 26.6 Å². The number of aryl methyl sites for hydroxylation is 1. The summed E-state index contributed by atoms with van der Waals surface area (Å²) in [6.45, 7) is 1.44. The molecule has 32 heavy (non-hydrogen) atoms. The number of nitrogens with zero attached hydrogens (tertiary/aromatic N) is 2. The summed E-state index contributed by atoms with van der Waals surface area (Å²) in [7, 11) is 0. The van der Waals surface area contributed by atoms with Gasteiger partial charge in [0.2, 0.25) is 0 Å². The van der Waals surface area contributed by atoms with Crippen molar-refractivity contribution in [1.29, 1.82) is 0 Å². The highest BCUT2D eigenvalue weighted by Crippen LogP contribution is 2.41. The fourth-order valence-corrected chi connectivity index (χ4v) is 3.66. The second-order valence-corrected chi connectivity index (χ2v) is 7.32. The Morgan fingerprint density at radius 3 is 2.62 bits per heavy atom. The van der Waals surface area contributed by atoms with Gasteiger partial charge in [0.15, 0.2) is 0 Å². The van der Waals surface area contributed by atoms with E-state index in [2.05, 4.69) is 0 Å². The molecule has 0 bridgehead atoms. The van der Waals surface area contributed by atoms with E-state index in [4.69, 9.17) is 4.42 Å². The number of nitro benzene ring substituents is 1. The van der Waals surface area contributed by atoms with Gasteiger partial charge in [-0.2, -0.15) is 0 Å². The Morgan fingerprint density at radius 2 is 1.97 bits per heavy atom. The number of hydrogen-bond donors (Lipinski definition) is 1. The number of aliphatic hydroxyl groups is 1. The smallest absolute Gasteiger partial charge is 0.296 e. The second kappa shape index (κ2) is 8.10. The predicted molar refractivity (Wildman–Crippen MR) is 111 cm³/mol. The number of Topliss-reactive ketones (excluding diaryl/α,β-unsaturated/α-hetero) is 1. The van der Waals surface area contributed by atoms with Crippen molar-refractivity contribution in [3.8, 4) is 0 Å². The molecule has 8 nitrogen and oxygen atoms in total. The van der Waals surface area contributed by atoms with Gasteiger partial charge in [0, 0.05) is 17.7 Å². The van der Waals surface area contributed by atoms with Gasteiger partial charge in [-0.3, -0.25) is 19.7 Å². The van der Waals surface area contributed by atoms with E-state index < -0.39 is 34.2 Å². The minimum atomic E-state index is -1.13. The fraction of sp³-hybridized carbons (Fsp3) is 0.130. The summed E-state index contributed by atoms with van der Waals surface area (Å²) in [5, 5.41) is 22.2. The maximum absolute atomic E-state index is 14.1. The van der Waals surface area contributed by atoms with Crippen LogP contribution in [0.4, 0.5) is 10.1 Å². The van der Waals surface area contributed by atoms with E-state index in [1.54, 1.807) is 19.1 Å². The van der Waals surface area contributed by atoms with Gasteiger partial charge >= 0.3 is 0 Å². The van der Waals surface area contributed by atoms with Crippen LogP contribution in [0.15, 0.2) is 70.9 Å². The summed E-state index contributed by atoms with van der Waals surface area (Å²) >= 11 is 0. The number of hydrogen-bond acceptors (Lipinski definition) is 6. The van der Waals surface area contributed by atoms with Crippen molar-refractivity contribution >= 4 is 23.1 Å². The van der Waals surface area contributed by atoms with Crippen LogP contribution in [0.5, 0.6) is 0 Å². The molecular weight excluding hydrogens is 419 g/mol. The lowest BCUT2D eigenvalue weighted by atomic mass is 9.94. The molecule has 0 aliphatic carbocycles. The minimum absolute atomic E-state index is 0.0135. The number of furan rings is 1. The first-order chi connectivity index (χ1) is 15.3. The summed E-state index contributed by atoms with van der Waals surface area (Å²) in [5.74, 6) is -2.67. The van der Waals surface area contributed by atoms with Gasteiger partial charge in [-0.1, -0.05) is 24.3 Å². The predicted octanol–water partition coefficient (Wildman–Crippen LogP) is 4.26. The Hall–Kier alpha value is -4.27. The quantitative estimate of drug-likeness (QED) is 0.210. The number of rotatable bonds is 5. The third-order valence-electron chi connectivity index (χ3n) is 5.29. The van der Waals surface area contributed by atoms with Crippen LogP contribution >= 0.6 is 0 Å². The monoisotopic (exact) mass is 436 g/mol. The molecule has 1 aliphatic rings. The van der Waals surface area contributed by atoms with E-state index in [-0.39, 0.29) is 28.9 Å². The van der Waals surface area contributed by atoms with Crippen molar-refractivity contribution in [1.82, 2.24) is 4.90 Å². The highest BCUT2D eigenvalue weighted by Gasteiger charge is 2.46. The first-order valence-corrected chi connectivity index (χ1v) is 9.59. The van der Waals surface area contributed by atoms with Crippen molar-refractivity contribution in [2.45, 2.75) is 19.5 Å². The zero-order valence-electron chi connectivity index (χ0n) is 16.8. The number of benzene rings is 2. The highest BCUT2D eigenvalue weighted by molar-refractivity contribution is 6.46. The molecule has 1 aliphatic heterocycles. The number of halogens is 1. The lowest BCUT2D eigenvalue weighted by Gasteiger charge is -2.24. The van der Waals surface area contributed by atoms with E-state index >= 15 is 0 Å². The summed E-state index contributed by atoms with van der Waals surface area (Å²) in [4.78, 5) is 37.7. The summed E-state index contributed by atoms with van der Waals surface area (Å²) in [5.41, 5.74) is 0.0754. The molecule has 0 radical (unpaired) electrons. The molecule has 2 heterocycles. The number of amides is 1. The molecule has 1 saturated heterocycles. The Bertz CT molecular complexity index is 1270. The molecular formula is C23H17FN2O6. The number of nitro groups is 1. The minimum Gasteiger partial charge on any atom is -0.507 e. The first kappa shape index (κ1) is 21.0. The van der Waals surface area contributed by atoms with E-state index in [0.29, 0.717) is 11.3 Å². The molecule has 0 saturated carbocycles. The molecule has 9 heteroatoms. The van der Waals surface area contributed by atoms with Gasteiger partial charge in [0.1, 0.15) is 17.3 Å². The topological polar surface area (TPSA) is 114 Å². The number of aliphatic hydroxyl groups excluding tert-OH is 1. The number of carbonyl (C=O) groups is 2. The molecule has 0 spiro atoms. The third kappa shape index (κ3) is 3.64. The SMILES string of the molecule is Cc1ccc(/C(O)=C2\C(=O)C(=O)N(Cc3ccco3)C2c2cccc([N+](=O)[O-])c2)cc1F. The van der Waals surface area contributed by atoms with Crippen LogP contribution in [0.3, 0.4) is 0 Å². The van der Waals surface area contributed by atoms with Crippen LogP contribution in [0.2, 0.25) is 0 Å². The van der Waals surface area contributed by atoms with Gasteiger partial charge in [-0.15, -0.1) is 0 Å². The number of non-ortho nitro benzene ring substituents is 1. The summed E-state index contributed by atoms with van der Waals surface area (Å²) in [6, 6.07) is 11.5. The maximum atomic E-state index is 14.1. The Kier molecular flexibility index (Phi) is 5.31. The van der Waals surface area contributed by atoms with Crippen LogP contribution in [0.1, 0.15) is 28.5 Å². The number of carbonyl (C=O) groups excluding carboxylic acids is 2. The van der Waals surface area contributed by atoms with Crippen molar-refractivity contribution in [2.75, 3.05) is 0 Å². The molecule has 1 unspecified atom stereocenters. The normalized spacial score (nSPS) is 17.7. The second-order valence-electron chi connectivity index (χ2n) is 7.32. The zero-order chi connectivity index (χ0) is 23.0. The van der Waals surface area contributed by atoms with Gasteiger partial charge in [-0.25, -0.2) is 4.39 Å². The lowest BCUT2D eigenvalue weighted by molar-refractivity contribution is -0.384. The van der Waals surface area contributed by atoms with Crippen LogP contribution in [-0.2, 0) is 16.1 Å². The molecule has 1 atom stereocenters. The molecule has 3 aromatic rings. The Labute approximate surface area is 181 Å². The van der Waals surface area contributed by atoms with E-state index in [1.165, 1.54) is 42.7 Å². The van der Waals surface area contributed by atoms with Crippen LogP contribution in [0, 0.1) is 22.9 Å². The fourth-order valence-electron chi connectivity index (χ4n) is 3.66. The van der Waals surface area contributed by atoms with Crippen molar-refractivity contribution in [3.05, 3.63) is 105 Å². The Morgan fingerprint density at radius 1 is 1.19 bits per heavy atom. The van der Waals surface area contributed by atoms with Crippen LogP contribution < -0.4 is 0 Å². The van der Waals surface area contributed by atoms with E-state index in [9.17, 15) is 29.2 Å². The van der Waals surface area contributed by atoms with Crippen molar-refractivity contribution in [2.24, 2.45) is 0 Å². The Balaban J connectivity index is 1.91. The lowest BCUT2D eigenvalue weighted by Crippen LogP contribution is -2.29. The van der Waals surface area contributed by atoms with E-state index in [1.807, 2.05) is 0 Å². The average Bonchev–Trinajstić information content (AvgIpc) is 3.37. The molecule has 1 N–H and O–H groups in total. The average molecular weight is 436 g/mol. The summed E-state index contributed by atoms with van der Waals surface area (Å²) < 4.78 is 19.4. The van der Waals surface area contributed by atoms with Crippen molar-refractivity contribution < 1.29 is 28.4 Å². The van der Waals surface area contributed by atoms with Gasteiger partial charge in [0.25, 0.3) is 17.4 Å². The third-order valence-corrected chi connectivity index (χ3v) is 5.29. The van der Waals surface area contributed by atoms with Gasteiger partial charge in [-0.05, 0) is 36.2 Å². The van der Waals surface area contributed by atoms with E-state index in [0.717, 1.165) is 11.0 Å². The van der Waals surface area contributed by atoms with Gasteiger partial charge in [0.05, 0.1) is 29.3 Å². The molecule has 4 rings (SSSR count). The largest absolute Gasteiger partial charge is 0.507 e. The van der Waals surface area contributed by atoms with Crippen molar-refractivity contribution in [3.63, 3.8) is 0 Å². The number of ketones is 1. The highest BCUT2D eigenvalue weighted by atomic mass is 19.1. The maximum Gasteiger partial charge on any atom is 0.296 e. The number of likely N-dealkylation sites (tertiary alicyclic amines) is 1. The first-order valence-electron chi connectivity index (χ1n) is 9.59. The zero-order valence-corrected chi connectivity index (χ0v) is 16.8. The molecule has 1 amide bonds.